The summed E-state index contributed by atoms with van der Waals surface area (Å²) in [5.41, 5.74) is -0.782. The molecule has 0 saturated carbocycles. The van der Waals surface area contributed by atoms with E-state index in [0.717, 1.165) is 12.1 Å². The van der Waals surface area contributed by atoms with Crippen molar-refractivity contribution in [2.75, 3.05) is 0 Å². The van der Waals surface area contributed by atoms with Gasteiger partial charge in [0.05, 0.1) is 20.4 Å². The van der Waals surface area contributed by atoms with Crippen LogP contribution in [0.3, 0.4) is 0 Å². The van der Waals surface area contributed by atoms with Crippen molar-refractivity contribution < 1.29 is 22.5 Å². The van der Waals surface area contributed by atoms with E-state index in [2.05, 4.69) is 0 Å². The summed E-state index contributed by atoms with van der Waals surface area (Å²) in [4.78, 5) is 11.1. The predicted octanol–water partition coefficient (Wildman–Crippen LogP) is 2.85. The molecule has 0 aliphatic heterocycles. The number of benzene rings is 1. The third-order valence-electron chi connectivity index (χ3n) is 2.07. The Kier molecular flexibility index (Phi) is 4.51. The molecule has 0 aliphatic carbocycles. The first-order chi connectivity index (χ1) is 8.43. The topological polar surface area (TPSA) is 83.5 Å². The molecule has 0 heterocycles. The van der Waals surface area contributed by atoms with E-state index in [1.807, 2.05) is 0 Å². The van der Waals surface area contributed by atoms with Gasteiger partial charge in [0.2, 0.25) is 0 Å². The van der Waals surface area contributed by atoms with Gasteiger partial charge in [-0.15, -0.1) is 0 Å². The second kappa shape index (κ2) is 5.28. The summed E-state index contributed by atoms with van der Waals surface area (Å²) in [6, 6.07) is 1.78. The molecule has 0 bridgehead atoms. The Hall–Kier alpha value is -0.820. The van der Waals surface area contributed by atoms with Crippen LogP contribution in [0.1, 0.15) is 20.8 Å². The van der Waals surface area contributed by atoms with Gasteiger partial charge in [0, 0.05) is 0 Å². The van der Waals surface area contributed by atoms with Crippen LogP contribution in [0.15, 0.2) is 17.0 Å². The second-order valence-corrected chi connectivity index (χ2v) is 7.00. The Morgan fingerprint density at radius 3 is 1.95 bits per heavy atom. The molecule has 106 valence electrons. The first-order valence-corrected chi connectivity index (χ1v) is 7.26. The van der Waals surface area contributed by atoms with Crippen LogP contribution in [0.4, 0.5) is 0 Å². The Labute approximate surface area is 121 Å². The lowest BCUT2D eigenvalue weighted by atomic mass is 9.97. The normalized spacial score (nSPS) is 12.3. The van der Waals surface area contributed by atoms with E-state index in [1.165, 1.54) is 0 Å². The lowest BCUT2D eigenvalue weighted by molar-refractivity contribution is -0.142. The van der Waals surface area contributed by atoms with Crippen molar-refractivity contribution in [2.24, 2.45) is 5.41 Å². The molecule has 8 heteroatoms. The first kappa shape index (κ1) is 16.2. The largest absolute Gasteiger partial charge is 0.744 e. The highest BCUT2D eigenvalue weighted by atomic mass is 35.5. The fourth-order valence-electron chi connectivity index (χ4n) is 1.02. The van der Waals surface area contributed by atoms with Gasteiger partial charge in [-0.1, -0.05) is 23.2 Å². The van der Waals surface area contributed by atoms with Crippen LogP contribution >= 0.6 is 23.2 Å². The number of carbonyl (C=O) groups excluding carboxylic acids is 1. The highest BCUT2D eigenvalue weighted by molar-refractivity contribution is 7.85. The Balaban J connectivity index is 3.23. The zero-order valence-corrected chi connectivity index (χ0v) is 12.7. The Bertz CT molecular complexity index is 593. The van der Waals surface area contributed by atoms with Gasteiger partial charge >= 0.3 is 5.97 Å². The smallest absolute Gasteiger partial charge is 0.316 e. The minimum atomic E-state index is -4.68. The maximum absolute atomic E-state index is 11.7. The minimum absolute atomic E-state index is 0.171. The average Bonchev–Trinajstić information content (AvgIpc) is 2.19. The monoisotopic (exact) mass is 325 g/mol. The molecule has 1 aromatic carbocycles. The van der Waals surface area contributed by atoms with E-state index >= 15 is 0 Å². The van der Waals surface area contributed by atoms with Crippen molar-refractivity contribution >= 4 is 39.3 Å². The molecule has 0 fully saturated rings. The third-order valence-corrected chi connectivity index (χ3v) is 3.44. The zero-order chi connectivity index (χ0) is 15.0. The molecule has 0 N–H and O–H groups in total. The van der Waals surface area contributed by atoms with Crippen molar-refractivity contribution in [3.8, 4) is 5.75 Å². The first-order valence-electron chi connectivity index (χ1n) is 5.10. The lowest BCUT2D eigenvalue weighted by Gasteiger charge is -2.18. The van der Waals surface area contributed by atoms with Gasteiger partial charge in [-0.3, -0.25) is 4.79 Å². The highest BCUT2D eigenvalue weighted by Gasteiger charge is 2.26. The van der Waals surface area contributed by atoms with E-state index in [9.17, 15) is 17.8 Å². The summed E-state index contributed by atoms with van der Waals surface area (Å²) in [6.07, 6.45) is 0. The van der Waals surface area contributed by atoms with Gasteiger partial charge in [0.25, 0.3) is 0 Å². The molecule has 19 heavy (non-hydrogen) atoms. The molecular formula is C11H11Cl2O5S-. The number of rotatable bonds is 2. The number of esters is 1. The number of halogens is 2. The minimum Gasteiger partial charge on any atom is -0.744 e. The van der Waals surface area contributed by atoms with Gasteiger partial charge in [0.1, 0.15) is 10.1 Å². The standard InChI is InChI=1S/C11H12Cl2O5S/c1-11(2,3)10(14)18-9-7(12)4-6(5-8(9)13)19(15,16)17/h4-5H,1-3H3,(H,15,16,17)/p-1. The van der Waals surface area contributed by atoms with Gasteiger partial charge in [-0.2, -0.15) is 0 Å². The van der Waals surface area contributed by atoms with E-state index in [1.54, 1.807) is 20.8 Å². The molecule has 0 aliphatic rings. The molecule has 0 radical (unpaired) electrons. The molecular weight excluding hydrogens is 315 g/mol. The van der Waals surface area contributed by atoms with Crippen molar-refractivity contribution in [1.29, 1.82) is 0 Å². The van der Waals surface area contributed by atoms with Crippen molar-refractivity contribution in [1.82, 2.24) is 0 Å². The van der Waals surface area contributed by atoms with Crippen molar-refractivity contribution in [3.05, 3.63) is 22.2 Å². The predicted molar refractivity (Wildman–Crippen MR) is 69.5 cm³/mol. The number of carbonyl (C=O) groups is 1. The molecule has 0 amide bonds. The van der Waals surface area contributed by atoms with E-state index in [4.69, 9.17) is 27.9 Å². The summed E-state index contributed by atoms with van der Waals surface area (Å²) in [6.45, 7) is 4.90. The van der Waals surface area contributed by atoms with Crippen LogP contribution in [-0.4, -0.2) is 18.9 Å². The maximum atomic E-state index is 11.7. The van der Waals surface area contributed by atoms with Crippen LogP contribution in [0.5, 0.6) is 5.75 Å². The van der Waals surface area contributed by atoms with Crippen molar-refractivity contribution in [2.45, 2.75) is 25.7 Å². The summed E-state index contributed by atoms with van der Waals surface area (Å²) < 4.78 is 37.6. The van der Waals surface area contributed by atoms with Crippen LogP contribution < -0.4 is 4.74 Å². The lowest BCUT2D eigenvalue weighted by Crippen LogP contribution is -2.25. The Morgan fingerprint density at radius 2 is 1.63 bits per heavy atom. The number of hydrogen-bond acceptors (Lipinski definition) is 5. The van der Waals surface area contributed by atoms with E-state index in [-0.39, 0.29) is 15.8 Å². The van der Waals surface area contributed by atoms with Gasteiger partial charge < -0.3 is 9.29 Å². The van der Waals surface area contributed by atoms with Crippen LogP contribution in [0.25, 0.3) is 0 Å². The summed E-state index contributed by atoms with van der Waals surface area (Å²) in [7, 11) is -4.68. The SMILES string of the molecule is CC(C)(C)C(=O)Oc1c(Cl)cc(S(=O)(=O)[O-])cc1Cl. The number of ether oxygens (including phenoxy) is 1. The average molecular weight is 326 g/mol. The van der Waals surface area contributed by atoms with Crippen LogP contribution in [0.2, 0.25) is 10.0 Å². The van der Waals surface area contributed by atoms with E-state index < -0.39 is 26.4 Å². The zero-order valence-electron chi connectivity index (χ0n) is 10.4. The fraction of sp³-hybridized carbons (Fsp3) is 0.364. The van der Waals surface area contributed by atoms with Crippen LogP contribution in [0, 0.1) is 5.41 Å². The molecule has 0 atom stereocenters. The molecule has 1 aromatic rings. The van der Waals surface area contributed by atoms with Crippen LogP contribution in [-0.2, 0) is 14.9 Å². The van der Waals surface area contributed by atoms with Gasteiger partial charge in [-0.05, 0) is 32.9 Å². The quantitative estimate of drug-likeness (QED) is 0.474. The molecule has 1 rings (SSSR count). The van der Waals surface area contributed by atoms with Crippen molar-refractivity contribution in [3.63, 3.8) is 0 Å². The molecule has 0 saturated heterocycles. The van der Waals surface area contributed by atoms with E-state index in [0.29, 0.717) is 0 Å². The summed E-state index contributed by atoms with van der Waals surface area (Å²) in [5, 5.41) is -0.445. The fourth-order valence-corrected chi connectivity index (χ4v) is 2.24. The maximum Gasteiger partial charge on any atom is 0.316 e. The number of hydrogen-bond donors (Lipinski definition) is 0. The summed E-state index contributed by atoms with van der Waals surface area (Å²) in [5.74, 6) is -0.760. The Morgan fingerprint density at radius 1 is 1.21 bits per heavy atom. The highest BCUT2D eigenvalue weighted by Crippen LogP contribution is 2.36. The molecule has 5 nitrogen and oxygen atoms in total. The second-order valence-electron chi connectivity index (χ2n) is 4.81. The molecule has 0 aromatic heterocycles. The molecule has 0 unspecified atom stereocenters. The summed E-state index contributed by atoms with van der Waals surface area (Å²) >= 11 is 11.5. The molecule has 0 spiro atoms. The van der Waals surface area contributed by atoms with Gasteiger partial charge in [0.15, 0.2) is 5.75 Å². The third kappa shape index (κ3) is 4.07. The van der Waals surface area contributed by atoms with Gasteiger partial charge in [-0.25, -0.2) is 8.42 Å².